The number of carbonyl (C=O) groups is 3. The number of pyridine rings is 1. The van der Waals surface area contributed by atoms with E-state index in [0.717, 1.165) is 10.5 Å². The third-order valence-electron chi connectivity index (χ3n) is 4.24. The summed E-state index contributed by atoms with van der Waals surface area (Å²) >= 11 is 0. The molecule has 0 bridgehead atoms. The molecule has 0 aliphatic heterocycles. The molecule has 0 spiro atoms. The van der Waals surface area contributed by atoms with E-state index < -0.39 is 29.4 Å². The van der Waals surface area contributed by atoms with Gasteiger partial charge in [-0.15, -0.1) is 0 Å². The van der Waals surface area contributed by atoms with Crippen LogP contribution in [0.5, 0.6) is 0 Å². The quantitative estimate of drug-likeness (QED) is 0.343. The fraction of sp³-hybridized carbons (Fsp3) is 0.419. The number of hydrogen-bond donors (Lipinski definition) is 2. The number of hydrogen-bond acceptors (Lipinski definition) is 7. The molecule has 0 unspecified atom stereocenters. The van der Waals surface area contributed by atoms with Crippen LogP contribution in [0.1, 0.15) is 69.2 Å². The lowest BCUT2D eigenvalue weighted by atomic mass is 10.1. The Bertz CT molecular complexity index is 1180. The summed E-state index contributed by atoms with van der Waals surface area (Å²) in [4.78, 5) is 41.5. The van der Waals surface area contributed by atoms with E-state index >= 15 is 0 Å². The second-order valence-corrected chi connectivity index (χ2v) is 10.3. The van der Waals surface area contributed by atoms with Gasteiger partial charge in [-0.2, -0.15) is 4.90 Å². The maximum Gasteiger partial charge on any atom is 0.425 e. The van der Waals surface area contributed by atoms with Gasteiger partial charge in [-0.1, -0.05) is 50.3 Å². The van der Waals surface area contributed by atoms with Crippen LogP contribution in [-0.4, -0.2) is 46.0 Å². The maximum atomic E-state index is 12.9. The first kappa shape index (κ1) is 35.9. The molecule has 0 aliphatic rings. The summed E-state index contributed by atoms with van der Waals surface area (Å²) in [6.45, 7) is 21.6. The van der Waals surface area contributed by atoms with Gasteiger partial charge in [0.05, 0.1) is 0 Å². The molecular formula is C31H45N3O6. The normalized spacial score (nSPS) is 11.2. The number of ether oxygens (including phenoxy) is 2. The van der Waals surface area contributed by atoms with Gasteiger partial charge in [0, 0.05) is 17.3 Å². The third-order valence-corrected chi connectivity index (χ3v) is 4.24. The van der Waals surface area contributed by atoms with Gasteiger partial charge in [-0.05, 0) is 85.0 Å². The molecule has 40 heavy (non-hydrogen) atoms. The van der Waals surface area contributed by atoms with Gasteiger partial charge >= 0.3 is 18.2 Å². The molecule has 2 N–H and O–H groups in total. The Morgan fingerprint density at radius 1 is 1.00 bits per heavy atom. The van der Waals surface area contributed by atoms with E-state index in [-0.39, 0.29) is 12.4 Å². The second kappa shape index (κ2) is 16.7. The third kappa shape index (κ3) is 14.1. The minimum Gasteiger partial charge on any atom is -0.480 e. The summed E-state index contributed by atoms with van der Waals surface area (Å²) in [6, 6.07) is 6.67. The topological polar surface area (TPSA) is 118 Å². The van der Waals surface area contributed by atoms with Crippen LogP contribution in [0.2, 0.25) is 0 Å². The molecule has 0 radical (unpaired) electrons. The van der Waals surface area contributed by atoms with Crippen LogP contribution in [0.3, 0.4) is 0 Å². The van der Waals surface area contributed by atoms with Crippen LogP contribution in [-0.2, 0) is 14.3 Å². The Hall–Kier alpha value is -4.14. The number of carboxylic acids is 1. The Kier molecular flexibility index (Phi) is 15.0. The molecule has 220 valence electrons. The van der Waals surface area contributed by atoms with Crippen molar-refractivity contribution in [3.05, 3.63) is 66.9 Å². The van der Waals surface area contributed by atoms with Crippen molar-refractivity contribution in [2.75, 3.05) is 16.8 Å². The highest BCUT2D eigenvalue weighted by Crippen LogP contribution is 2.29. The lowest BCUT2D eigenvalue weighted by Gasteiger charge is -2.28. The largest absolute Gasteiger partial charge is 0.480 e. The predicted octanol–water partition coefficient (Wildman–Crippen LogP) is 8.13. The number of nitrogens with zero attached hydrogens (tertiary/aromatic N) is 2. The number of amides is 2. The average molecular weight is 556 g/mol. The van der Waals surface area contributed by atoms with Crippen molar-refractivity contribution >= 4 is 40.4 Å². The van der Waals surface area contributed by atoms with Crippen LogP contribution in [0.4, 0.5) is 21.1 Å². The maximum absolute atomic E-state index is 12.9. The highest BCUT2D eigenvalue weighted by molar-refractivity contribution is 6.14. The van der Waals surface area contributed by atoms with Crippen molar-refractivity contribution in [1.29, 1.82) is 0 Å². The van der Waals surface area contributed by atoms with Crippen molar-refractivity contribution in [2.45, 2.75) is 80.4 Å². The van der Waals surface area contributed by atoms with Crippen molar-refractivity contribution in [3.63, 3.8) is 0 Å². The first-order chi connectivity index (χ1) is 18.5. The van der Waals surface area contributed by atoms with Gasteiger partial charge < -0.3 is 19.9 Å². The smallest absolute Gasteiger partial charge is 0.425 e. The number of aliphatic carboxylic acids is 1. The number of imide groups is 1. The van der Waals surface area contributed by atoms with Crippen LogP contribution >= 0.6 is 0 Å². The molecule has 0 fully saturated rings. The Morgan fingerprint density at radius 2 is 1.55 bits per heavy atom. The van der Waals surface area contributed by atoms with E-state index in [4.69, 9.17) is 14.6 Å². The van der Waals surface area contributed by atoms with Gasteiger partial charge in [0.2, 0.25) is 0 Å². The number of fused-ring (bicyclic) bond motifs is 1. The van der Waals surface area contributed by atoms with Crippen LogP contribution in [0.25, 0.3) is 10.8 Å². The van der Waals surface area contributed by atoms with Crippen molar-refractivity contribution in [1.82, 2.24) is 4.98 Å². The van der Waals surface area contributed by atoms with E-state index in [1.807, 2.05) is 52.0 Å². The summed E-state index contributed by atoms with van der Waals surface area (Å²) in [5, 5.41) is 12.7. The second-order valence-electron chi connectivity index (χ2n) is 10.3. The summed E-state index contributed by atoms with van der Waals surface area (Å²) in [5.74, 6) is -0.938. The highest BCUT2D eigenvalue weighted by Gasteiger charge is 2.34. The zero-order valence-corrected chi connectivity index (χ0v) is 25.5. The van der Waals surface area contributed by atoms with Gasteiger partial charge in [0.15, 0.2) is 5.82 Å². The van der Waals surface area contributed by atoms with Crippen LogP contribution in [0, 0.1) is 0 Å². The number of nitrogens with one attached hydrogen (secondary N) is 1. The number of carboxylic acid groups (broad SMARTS) is 1. The standard InChI is InChI=1S/C21H27N3O6.C8H12.C2H6/c1-20(2,3)29-18(27)24(19(28)30-21(4,5)6)17-15-8-7-14(23-12-16(25)26)11-13(15)9-10-22-17;1-4-5-6-7-8(2)3;1-2/h7-11,23H,12H2,1-6H3,(H,25,26);4-7H,2H2,1,3H3;1-2H3/b;5-4-,7-6-;. The van der Waals surface area contributed by atoms with Gasteiger partial charge in [-0.25, -0.2) is 14.6 Å². The van der Waals surface area contributed by atoms with Crippen molar-refractivity contribution in [2.24, 2.45) is 0 Å². The van der Waals surface area contributed by atoms with E-state index in [9.17, 15) is 14.4 Å². The molecule has 9 heteroatoms. The zero-order valence-electron chi connectivity index (χ0n) is 25.5. The van der Waals surface area contributed by atoms with E-state index in [2.05, 4.69) is 16.9 Å². The van der Waals surface area contributed by atoms with E-state index in [0.29, 0.717) is 16.5 Å². The highest BCUT2D eigenvalue weighted by atomic mass is 16.6. The predicted molar refractivity (Wildman–Crippen MR) is 163 cm³/mol. The summed E-state index contributed by atoms with van der Waals surface area (Å²) in [5.41, 5.74) is -0.0163. The SMILES string of the molecule is C=C(C)/C=C\C=C/C.CC.CC(C)(C)OC(=O)N(C(=O)OC(C)(C)C)c1nccc2cc(NCC(=O)O)ccc12. The first-order valence-electron chi connectivity index (χ1n) is 13.1. The van der Waals surface area contributed by atoms with Crippen LogP contribution in [0.15, 0.2) is 66.9 Å². The fourth-order valence-electron chi connectivity index (χ4n) is 2.82. The van der Waals surface area contributed by atoms with Crippen LogP contribution < -0.4 is 10.2 Å². The Balaban J connectivity index is 0.00000130. The zero-order chi connectivity index (χ0) is 31.1. The molecule has 0 aliphatic carbocycles. The average Bonchev–Trinajstić information content (AvgIpc) is 2.82. The molecular weight excluding hydrogens is 510 g/mol. The van der Waals surface area contributed by atoms with E-state index in [1.165, 1.54) is 6.20 Å². The summed E-state index contributed by atoms with van der Waals surface area (Å²) in [6.07, 6.45) is 7.53. The molecule has 1 aromatic heterocycles. The lowest BCUT2D eigenvalue weighted by molar-refractivity contribution is -0.134. The van der Waals surface area contributed by atoms with Gasteiger partial charge in [-0.3, -0.25) is 4.79 Å². The molecule has 2 amide bonds. The number of benzene rings is 1. The minimum absolute atomic E-state index is 0.0563. The van der Waals surface area contributed by atoms with Crippen molar-refractivity contribution in [3.8, 4) is 0 Å². The number of aromatic nitrogens is 1. The van der Waals surface area contributed by atoms with Gasteiger partial charge in [0.25, 0.3) is 0 Å². The van der Waals surface area contributed by atoms with Crippen molar-refractivity contribution < 1.29 is 29.0 Å². The lowest BCUT2D eigenvalue weighted by Crippen LogP contribution is -2.44. The molecule has 0 atom stereocenters. The number of carbonyl (C=O) groups excluding carboxylic acids is 2. The Labute approximate surface area is 238 Å². The molecule has 0 saturated carbocycles. The monoisotopic (exact) mass is 555 g/mol. The van der Waals surface area contributed by atoms with Gasteiger partial charge in [0.1, 0.15) is 17.7 Å². The summed E-state index contributed by atoms with van der Waals surface area (Å²) < 4.78 is 10.8. The number of anilines is 2. The molecule has 2 rings (SSSR count). The molecule has 9 nitrogen and oxygen atoms in total. The molecule has 0 saturated heterocycles. The molecule has 2 aromatic rings. The molecule has 1 aromatic carbocycles. The summed E-state index contributed by atoms with van der Waals surface area (Å²) in [7, 11) is 0. The number of allylic oxidation sites excluding steroid dienone is 5. The Morgan fingerprint density at radius 3 is 2.00 bits per heavy atom. The minimum atomic E-state index is -0.994. The van der Waals surface area contributed by atoms with E-state index in [1.54, 1.807) is 65.8 Å². The number of rotatable bonds is 6. The fourth-order valence-corrected chi connectivity index (χ4v) is 2.82. The first-order valence-corrected chi connectivity index (χ1v) is 13.1. The molecule has 1 heterocycles.